The van der Waals surface area contributed by atoms with Crippen molar-refractivity contribution in [2.24, 2.45) is 5.41 Å². The van der Waals surface area contributed by atoms with Crippen LogP contribution in [0, 0.1) is 23.0 Å². The molecule has 0 nitrogen and oxygen atoms in total. The van der Waals surface area contributed by atoms with Crippen LogP contribution in [0.5, 0.6) is 0 Å². The van der Waals surface area contributed by atoms with Gasteiger partial charge in [-0.2, -0.15) is 5.82 Å². The molecule has 2 aromatic rings. The molecule has 0 aliphatic rings. The van der Waals surface area contributed by atoms with Crippen LogP contribution in [0.3, 0.4) is 0 Å². The molecule has 0 aliphatic carbocycles. The van der Waals surface area contributed by atoms with Crippen LogP contribution in [0.15, 0.2) is 29.2 Å². The molecular formula is C22H27BFPS. The highest BCUT2D eigenvalue weighted by molar-refractivity contribution is 7.99. The van der Waals surface area contributed by atoms with E-state index in [0.29, 0.717) is 5.56 Å². The van der Waals surface area contributed by atoms with Crippen molar-refractivity contribution >= 4 is 39.0 Å². The van der Waals surface area contributed by atoms with Crippen LogP contribution in [-0.2, 0) is 6.42 Å². The summed E-state index contributed by atoms with van der Waals surface area (Å²) in [5.74, 6) is 5.81. The van der Waals surface area contributed by atoms with E-state index in [9.17, 15) is 4.39 Å². The van der Waals surface area contributed by atoms with Gasteiger partial charge in [-0.3, -0.25) is 0 Å². The van der Waals surface area contributed by atoms with E-state index in [4.69, 9.17) is 7.85 Å². The van der Waals surface area contributed by atoms with E-state index in [1.54, 1.807) is 11.8 Å². The van der Waals surface area contributed by atoms with Gasteiger partial charge in [-0.25, -0.2) is 4.39 Å². The molecule has 136 valence electrons. The number of hydrogen-bond acceptors (Lipinski definition) is 1. The number of thioether (sulfide) groups is 1. The molecule has 2 aromatic carbocycles. The summed E-state index contributed by atoms with van der Waals surface area (Å²) in [6.45, 7) is 13.7. The Labute approximate surface area is 165 Å². The molecule has 2 rings (SSSR count). The van der Waals surface area contributed by atoms with E-state index in [0.717, 1.165) is 36.4 Å². The normalized spacial score (nSPS) is 12.6. The third-order valence-electron chi connectivity index (χ3n) is 5.60. The largest absolute Gasteiger partial charge is 0.206 e. The van der Waals surface area contributed by atoms with Crippen molar-refractivity contribution in [2.45, 2.75) is 51.1 Å². The Bertz CT molecular complexity index is 862. The van der Waals surface area contributed by atoms with Gasteiger partial charge < -0.3 is 0 Å². The summed E-state index contributed by atoms with van der Waals surface area (Å²) in [5, 5.41) is 2.17. The first-order valence-electron chi connectivity index (χ1n) is 8.95. The summed E-state index contributed by atoms with van der Waals surface area (Å²) in [6.07, 6.45) is 0.948. The molecule has 2 radical (unpaired) electrons. The highest BCUT2D eigenvalue weighted by Gasteiger charge is 2.35. The molecular weight excluding hydrogens is 357 g/mol. The van der Waals surface area contributed by atoms with Gasteiger partial charge in [-0.05, 0) is 46.7 Å². The molecule has 0 saturated heterocycles. The first-order valence-corrected chi connectivity index (χ1v) is 11.4. The summed E-state index contributed by atoms with van der Waals surface area (Å²) in [7, 11) is 6.28. The van der Waals surface area contributed by atoms with Gasteiger partial charge in [0.15, 0.2) is 7.85 Å². The zero-order valence-electron chi connectivity index (χ0n) is 16.6. The fourth-order valence-corrected chi connectivity index (χ4v) is 5.12. The number of benzene rings is 2. The minimum Gasteiger partial charge on any atom is -0.206 e. The van der Waals surface area contributed by atoms with Crippen molar-refractivity contribution < 1.29 is 4.39 Å². The van der Waals surface area contributed by atoms with Gasteiger partial charge >= 0.3 is 0 Å². The molecule has 0 fully saturated rings. The maximum absolute atomic E-state index is 14.4. The quantitative estimate of drug-likeness (QED) is 0.246. The summed E-state index contributed by atoms with van der Waals surface area (Å²) in [4.78, 5) is 1.10. The predicted octanol–water partition coefficient (Wildman–Crippen LogP) is 6.22. The average Bonchev–Trinajstić information content (AvgIpc) is 2.61. The Hall–Kier alpha value is -0.965. The second-order valence-corrected chi connectivity index (χ2v) is 10.6. The zero-order chi connectivity index (χ0) is 19.5. The third kappa shape index (κ3) is 4.29. The maximum atomic E-state index is 14.4. The number of aryl methyl sites for hydroxylation is 1. The Morgan fingerprint density at radius 3 is 2.46 bits per heavy atom. The lowest BCUT2D eigenvalue weighted by molar-refractivity contribution is 0.325. The van der Waals surface area contributed by atoms with E-state index < -0.39 is 0 Å². The molecule has 0 saturated carbocycles. The fourth-order valence-electron chi connectivity index (χ4n) is 2.75. The molecule has 0 aromatic heterocycles. The van der Waals surface area contributed by atoms with Gasteiger partial charge in [0.05, 0.1) is 5.56 Å². The molecule has 0 spiro atoms. The van der Waals surface area contributed by atoms with Gasteiger partial charge in [0.2, 0.25) is 0 Å². The SMILES string of the molecule is [B]C#Cc1c(F)ccc2cc(CC)cc(SCC(C)(C)C(C)(C)PC)c12. The number of hydrogen-bond donors (Lipinski definition) is 0. The lowest BCUT2D eigenvalue weighted by atomic mass is 9.82. The Kier molecular flexibility index (Phi) is 6.87. The lowest BCUT2D eigenvalue weighted by Gasteiger charge is -2.41. The van der Waals surface area contributed by atoms with E-state index in [-0.39, 0.29) is 16.4 Å². The van der Waals surface area contributed by atoms with Crippen LogP contribution in [0.1, 0.15) is 45.7 Å². The van der Waals surface area contributed by atoms with Crippen molar-refractivity contribution in [3.63, 3.8) is 0 Å². The third-order valence-corrected chi connectivity index (χ3v) is 9.03. The summed E-state index contributed by atoms with van der Waals surface area (Å²) in [5.41, 5.74) is 1.82. The smallest absolute Gasteiger partial charge is 0.188 e. The first kappa shape index (κ1) is 21.3. The van der Waals surface area contributed by atoms with Crippen LogP contribution < -0.4 is 0 Å². The molecule has 26 heavy (non-hydrogen) atoms. The van der Waals surface area contributed by atoms with Crippen molar-refractivity contribution in [3.05, 3.63) is 41.2 Å². The van der Waals surface area contributed by atoms with Crippen LogP contribution in [0.25, 0.3) is 10.8 Å². The topological polar surface area (TPSA) is 0 Å². The minimum atomic E-state index is -0.309. The van der Waals surface area contributed by atoms with Crippen LogP contribution in [0.4, 0.5) is 4.39 Å². The summed E-state index contributed by atoms with van der Waals surface area (Å²) >= 11 is 1.81. The monoisotopic (exact) mass is 384 g/mol. The lowest BCUT2D eigenvalue weighted by Crippen LogP contribution is -2.36. The highest BCUT2D eigenvalue weighted by Crippen LogP contribution is 2.47. The Morgan fingerprint density at radius 1 is 1.19 bits per heavy atom. The molecule has 1 unspecified atom stereocenters. The van der Waals surface area contributed by atoms with Gasteiger partial charge in [0.25, 0.3) is 0 Å². The zero-order valence-corrected chi connectivity index (χ0v) is 18.4. The number of halogens is 1. The fraction of sp³-hybridized carbons (Fsp3) is 0.455. The second kappa shape index (κ2) is 8.37. The van der Waals surface area contributed by atoms with Gasteiger partial charge in [0, 0.05) is 16.0 Å². The van der Waals surface area contributed by atoms with Gasteiger partial charge in [-0.1, -0.05) is 52.7 Å². The second-order valence-electron chi connectivity index (χ2n) is 7.78. The van der Waals surface area contributed by atoms with Crippen molar-refractivity contribution in [1.82, 2.24) is 0 Å². The molecule has 4 heteroatoms. The minimum absolute atomic E-state index is 0.159. The molecule has 0 heterocycles. The van der Waals surface area contributed by atoms with Gasteiger partial charge in [0.1, 0.15) is 5.82 Å². The Balaban J connectivity index is 2.57. The Morgan fingerprint density at radius 2 is 1.88 bits per heavy atom. The highest BCUT2D eigenvalue weighted by atomic mass is 32.2. The number of fused-ring (bicyclic) bond motifs is 1. The average molecular weight is 384 g/mol. The standard InChI is InChI=1S/C22H27BFPS/c1-7-15-12-16-8-9-18(24)17(10-11-23)20(16)19(13-15)26-14-21(2,3)22(4,5)25-6/h8-9,12-13,25H,7,14H2,1-6H3. The van der Waals surface area contributed by atoms with Gasteiger partial charge in [-0.15, -0.1) is 20.3 Å². The number of rotatable bonds is 6. The van der Waals surface area contributed by atoms with E-state index in [1.165, 1.54) is 11.6 Å². The maximum Gasteiger partial charge on any atom is 0.188 e. The molecule has 0 N–H and O–H groups in total. The first-order chi connectivity index (χ1) is 12.2. The molecule has 0 amide bonds. The van der Waals surface area contributed by atoms with E-state index >= 15 is 0 Å². The summed E-state index contributed by atoms with van der Waals surface area (Å²) < 4.78 is 14.4. The van der Waals surface area contributed by atoms with Crippen LogP contribution in [-0.4, -0.2) is 25.4 Å². The summed E-state index contributed by atoms with van der Waals surface area (Å²) in [6, 6.07) is 7.65. The molecule has 0 aliphatic heterocycles. The van der Waals surface area contributed by atoms with Crippen molar-refractivity contribution in [2.75, 3.05) is 12.4 Å². The molecule has 0 bridgehead atoms. The van der Waals surface area contributed by atoms with Crippen LogP contribution in [0.2, 0.25) is 0 Å². The molecule has 1 atom stereocenters. The van der Waals surface area contributed by atoms with Crippen LogP contribution >= 0.6 is 20.3 Å². The van der Waals surface area contributed by atoms with E-state index in [1.807, 2.05) is 6.07 Å². The van der Waals surface area contributed by atoms with Crippen molar-refractivity contribution in [3.8, 4) is 11.7 Å². The van der Waals surface area contributed by atoms with Crippen molar-refractivity contribution in [1.29, 1.82) is 0 Å². The predicted molar refractivity (Wildman–Crippen MR) is 119 cm³/mol. The van der Waals surface area contributed by atoms with E-state index in [2.05, 4.69) is 65.2 Å².